The number of methoxy groups -OCH3 is 2. The van der Waals surface area contributed by atoms with Crippen molar-refractivity contribution in [1.29, 1.82) is 0 Å². The predicted octanol–water partition coefficient (Wildman–Crippen LogP) is 5.50. The van der Waals surface area contributed by atoms with Crippen LogP contribution in [0.4, 0.5) is 0 Å². The molecular formula is C37H40N2O7. The van der Waals surface area contributed by atoms with Crippen molar-refractivity contribution in [3.05, 3.63) is 101 Å². The van der Waals surface area contributed by atoms with Crippen LogP contribution in [0.2, 0.25) is 0 Å². The van der Waals surface area contributed by atoms with Gasteiger partial charge in [-0.15, -0.1) is 0 Å². The molecule has 1 atom stereocenters. The highest BCUT2D eigenvalue weighted by atomic mass is 16.5. The number of carbonyl (C=O) groups excluding carboxylic acids is 2. The molecule has 4 aromatic rings. The van der Waals surface area contributed by atoms with Gasteiger partial charge in [-0.2, -0.15) is 0 Å². The van der Waals surface area contributed by atoms with Gasteiger partial charge in [0.15, 0.2) is 0 Å². The van der Waals surface area contributed by atoms with E-state index in [1.807, 2.05) is 57.2 Å². The molecule has 0 aliphatic carbocycles. The van der Waals surface area contributed by atoms with Gasteiger partial charge in [0.05, 0.1) is 37.4 Å². The Bertz CT molecular complexity index is 1700. The molecule has 0 unspecified atom stereocenters. The van der Waals surface area contributed by atoms with E-state index in [1.54, 1.807) is 44.6 Å². The number of aliphatic hydroxyl groups is 1. The lowest BCUT2D eigenvalue weighted by atomic mass is 10.0. The third kappa shape index (κ3) is 9.80. The van der Waals surface area contributed by atoms with Crippen LogP contribution in [-0.2, 0) is 22.5 Å². The molecule has 3 aromatic carbocycles. The monoisotopic (exact) mass is 624 g/mol. The average molecular weight is 625 g/mol. The van der Waals surface area contributed by atoms with E-state index in [2.05, 4.69) is 22.1 Å². The lowest BCUT2D eigenvalue weighted by Crippen LogP contribution is -2.40. The summed E-state index contributed by atoms with van der Waals surface area (Å²) in [4.78, 5) is 31.6. The Morgan fingerprint density at radius 1 is 0.935 bits per heavy atom. The highest BCUT2D eigenvalue weighted by Gasteiger charge is 2.21. The number of aromatic nitrogens is 1. The van der Waals surface area contributed by atoms with Crippen molar-refractivity contribution >= 4 is 22.8 Å². The standard InChI is InChI=1S/C37H40N2O7/c1-37(2,3)46-30-16-9-26(10-17-30)20-28(24-43-4)38-35(41)34-22-32(36(42)45-23-27-11-14-29(44-5)15-12-27)31-21-25(8-6-7-19-40)13-18-33(31)39-34/h9-18,21-22,28,40H,7,19-20,23-24H2,1-5H3,(H,38,41)/t28-/m0/s1. The Morgan fingerprint density at radius 2 is 1.63 bits per heavy atom. The summed E-state index contributed by atoms with van der Waals surface area (Å²) < 4.78 is 22.2. The molecule has 0 saturated heterocycles. The van der Waals surface area contributed by atoms with Crippen LogP contribution < -0.4 is 14.8 Å². The smallest absolute Gasteiger partial charge is 0.339 e. The molecule has 2 N–H and O–H groups in total. The number of rotatable bonds is 12. The first-order valence-electron chi connectivity index (χ1n) is 15.0. The quantitative estimate of drug-likeness (QED) is 0.157. The molecule has 4 rings (SSSR count). The van der Waals surface area contributed by atoms with E-state index in [9.17, 15) is 9.59 Å². The number of fused-ring (bicyclic) bond motifs is 1. The Labute approximate surface area is 269 Å². The Hall–Kier alpha value is -4.91. The summed E-state index contributed by atoms with van der Waals surface area (Å²) in [6.07, 6.45) is 0.833. The van der Waals surface area contributed by atoms with Crippen molar-refractivity contribution in [2.75, 3.05) is 27.4 Å². The fourth-order valence-corrected chi connectivity index (χ4v) is 4.70. The first kappa shape index (κ1) is 34.0. The lowest BCUT2D eigenvalue weighted by Gasteiger charge is -2.22. The summed E-state index contributed by atoms with van der Waals surface area (Å²) in [7, 11) is 3.16. The second-order valence-electron chi connectivity index (χ2n) is 11.7. The molecule has 0 spiro atoms. The number of carbonyl (C=O) groups is 2. The maximum absolute atomic E-state index is 13.6. The SMILES string of the molecule is COC[C@H](Cc1ccc(OC(C)(C)C)cc1)NC(=O)c1cc(C(=O)OCc2ccc(OC)cc2)c2cc(C#CCCO)ccc2n1. The van der Waals surface area contributed by atoms with Gasteiger partial charge in [-0.25, -0.2) is 9.78 Å². The van der Waals surface area contributed by atoms with Crippen molar-refractivity contribution < 1.29 is 33.6 Å². The molecule has 0 saturated carbocycles. The van der Waals surface area contributed by atoms with Crippen LogP contribution >= 0.6 is 0 Å². The molecule has 1 amide bonds. The second kappa shape index (κ2) is 15.9. The highest BCUT2D eigenvalue weighted by molar-refractivity contribution is 6.06. The van der Waals surface area contributed by atoms with Crippen LogP contribution in [-0.4, -0.2) is 61.0 Å². The molecule has 0 bridgehead atoms. The zero-order chi connectivity index (χ0) is 33.1. The molecule has 240 valence electrons. The fourth-order valence-electron chi connectivity index (χ4n) is 4.70. The van der Waals surface area contributed by atoms with Gasteiger partial charge in [-0.05, 0) is 86.8 Å². The van der Waals surface area contributed by atoms with Gasteiger partial charge < -0.3 is 29.4 Å². The summed E-state index contributed by atoms with van der Waals surface area (Å²) in [5.41, 5.74) is 2.80. The van der Waals surface area contributed by atoms with Crippen LogP contribution in [0.5, 0.6) is 11.5 Å². The molecule has 0 radical (unpaired) electrons. The average Bonchev–Trinajstić information content (AvgIpc) is 3.03. The van der Waals surface area contributed by atoms with Crippen LogP contribution in [0.1, 0.15) is 64.7 Å². The van der Waals surface area contributed by atoms with Crippen LogP contribution in [0, 0.1) is 11.8 Å². The van der Waals surface area contributed by atoms with Gasteiger partial charge in [0.2, 0.25) is 0 Å². The van der Waals surface area contributed by atoms with Crippen molar-refractivity contribution in [1.82, 2.24) is 10.3 Å². The van der Waals surface area contributed by atoms with Crippen LogP contribution in [0.25, 0.3) is 10.9 Å². The van der Waals surface area contributed by atoms with Crippen LogP contribution in [0.15, 0.2) is 72.8 Å². The molecule has 0 aliphatic rings. The third-order valence-electron chi connectivity index (χ3n) is 6.79. The van der Waals surface area contributed by atoms with E-state index in [0.29, 0.717) is 35.1 Å². The zero-order valence-corrected chi connectivity index (χ0v) is 26.9. The molecule has 9 nitrogen and oxygen atoms in total. The van der Waals surface area contributed by atoms with Gasteiger partial charge in [0.25, 0.3) is 5.91 Å². The Kier molecular flexibility index (Phi) is 11.7. The number of hydrogen-bond acceptors (Lipinski definition) is 8. The number of nitrogens with zero attached hydrogens (tertiary/aromatic N) is 1. The number of hydrogen-bond donors (Lipinski definition) is 2. The van der Waals surface area contributed by atoms with E-state index < -0.39 is 11.9 Å². The minimum atomic E-state index is -0.608. The van der Waals surface area contributed by atoms with Gasteiger partial charge in [0.1, 0.15) is 29.4 Å². The number of aliphatic hydroxyl groups excluding tert-OH is 1. The first-order chi connectivity index (χ1) is 22.1. The minimum Gasteiger partial charge on any atom is -0.497 e. The number of pyridine rings is 1. The van der Waals surface area contributed by atoms with E-state index in [-0.39, 0.29) is 42.7 Å². The summed E-state index contributed by atoms with van der Waals surface area (Å²) >= 11 is 0. The van der Waals surface area contributed by atoms with Crippen molar-refractivity contribution in [2.24, 2.45) is 0 Å². The molecule has 0 fully saturated rings. The fraction of sp³-hybridized carbons (Fsp3) is 0.324. The summed E-state index contributed by atoms with van der Waals surface area (Å²) in [6.45, 7) is 6.22. The van der Waals surface area contributed by atoms with Crippen molar-refractivity contribution in [2.45, 2.75) is 51.9 Å². The summed E-state index contributed by atoms with van der Waals surface area (Å²) in [5, 5.41) is 12.6. The summed E-state index contributed by atoms with van der Waals surface area (Å²) in [5.74, 6) is 6.27. The highest BCUT2D eigenvalue weighted by Crippen LogP contribution is 2.23. The zero-order valence-electron chi connectivity index (χ0n) is 26.9. The molecule has 0 aliphatic heterocycles. The van der Waals surface area contributed by atoms with Crippen molar-refractivity contribution in [3.8, 4) is 23.3 Å². The van der Waals surface area contributed by atoms with Gasteiger partial charge in [-0.3, -0.25) is 4.79 Å². The Balaban J connectivity index is 1.59. The van der Waals surface area contributed by atoms with E-state index in [0.717, 1.165) is 16.9 Å². The topological polar surface area (TPSA) is 116 Å². The maximum Gasteiger partial charge on any atom is 0.339 e. The number of nitrogens with one attached hydrogen (secondary N) is 1. The van der Waals surface area contributed by atoms with E-state index in [4.69, 9.17) is 24.1 Å². The molecule has 1 heterocycles. The van der Waals surface area contributed by atoms with Crippen LogP contribution in [0.3, 0.4) is 0 Å². The molecule has 9 heteroatoms. The lowest BCUT2D eigenvalue weighted by molar-refractivity contribution is 0.0475. The minimum absolute atomic E-state index is 0.0274. The summed E-state index contributed by atoms with van der Waals surface area (Å²) in [6, 6.07) is 21.2. The van der Waals surface area contributed by atoms with E-state index in [1.165, 1.54) is 6.07 Å². The largest absolute Gasteiger partial charge is 0.497 e. The third-order valence-corrected chi connectivity index (χ3v) is 6.79. The van der Waals surface area contributed by atoms with Gasteiger partial charge >= 0.3 is 5.97 Å². The second-order valence-corrected chi connectivity index (χ2v) is 11.7. The number of ether oxygens (including phenoxy) is 4. The van der Waals surface area contributed by atoms with Gasteiger partial charge in [-0.1, -0.05) is 36.1 Å². The molecular weight excluding hydrogens is 584 g/mol. The van der Waals surface area contributed by atoms with E-state index >= 15 is 0 Å². The molecule has 46 heavy (non-hydrogen) atoms. The number of amides is 1. The predicted molar refractivity (Wildman–Crippen MR) is 176 cm³/mol. The van der Waals surface area contributed by atoms with Crippen molar-refractivity contribution in [3.63, 3.8) is 0 Å². The first-order valence-corrected chi connectivity index (χ1v) is 15.0. The normalized spacial score (nSPS) is 11.7. The van der Waals surface area contributed by atoms with Gasteiger partial charge in [0, 0.05) is 24.5 Å². The Morgan fingerprint density at radius 3 is 2.28 bits per heavy atom. The number of esters is 1. The molecule has 1 aromatic heterocycles. The number of benzene rings is 3. The maximum atomic E-state index is 13.6.